The van der Waals surface area contributed by atoms with Crippen LogP contribution in [0.1, 0.15) is 6.92 Å². The van der Waals surface area contributed by atoms with Gasteiger partial charge in [0.15, 0.2) is 5.54 Å². The Balaban J connectivity index is 4.24. The molecule has 0 aliphatic rings. The SMILES string of the molecule is COC(=O)[C@@](C)(N)C(F)F. The van der Waals surface area contributed by atoms with Gasteiger partial charge in [-0.2, -0.15) is 0 Å². The van der Waals surface area contributed by atoms with E-state index < -0.39 is 17.9 Å². The molecular formula is C5H9F2NO2. The minimum Gasteiger partial charge on any atom is -0.467 e. The highest BCUT2D eigenvalue weighted by Crippen LogP contribution is 2.12. The molecule has 0 aromatic rings. The van der Waals surface area contributed by atoms with Gasteiger partial charge in [0, 0.05) is 0 Å². The zero-order valence-corrected chi connectivity index (χ0v) is 5.73. The van der Waals surface area contributed by atoms with Gasteiger partial charge in [-0.3, -0.25) is 0 Å². The van der Waals surface area contributed by atoms with Gasteiger partial charge in [0.05, 0.1) is 7.11 Å². The van der Waals surface area contributed by atoms with Crippen LogP contribution in [0.4, 0.5) is 8.78 Å². The lowest BCUT2D eigenvalue weighted by atomic mass is 10.1. The van der Waals surface area contributed by atoms with Crippen LogP contribution in [0.15, 0.2) is 0 Å². The van der Waals surface area contributed by atoms with E-state index in [1.54, 1.807) is 0 Å². The smallest absolute Gasteiger partial charge is 0.331 e. The van der Waals surface area contributed by atoms with Crippen molar-refractivity contribution >= 4 is 5.97 Å². The first-order valence-electron chi connectivity index (χ1n) is 2.58. The van der Waals surface area contributed by atoms with Crippen molar-refractivity contribution in [3.05, 3.63) is 0 Å². The van der Waals surface area contributed by atoms with Crippen LogP contribution >= 0.6 is 0 Å². The number of rotatable bonds is 2. The highest BCUT2D eigenvalue weighted by molar-refractivity contribution is 5.80. The third-order valence-corrected chi connectivity index (χ3v) is 1.08. The summed E-state index contributed by atoms with van der Waals surface area (Å²) < 4.78 is 27.7. The fraction of sp³-hybridized carbons (Fsp3) is 0.800. The number of nitrogens with two attached hydrogens (primary N) is 1. The minimum absolute atomic E-state index is 0.920. The molecule has 0 amide bonds. The number of methoxy groups -OCH3 is 1. The van der Waals surface area contributed by atoms with E-state index in [4.69, 9.17) is 5.73 Å². The molecule has 3 nitrogen and oxygen atoms in total. The van der Waals surface area contributed by atoms with Crippen molar-refractivity contribution in [1.82, 2.24) is 0 Å². The third kappa shape index (κ3) is 1.63. The van der Waals surface area contributed by atoms with Crippen molar-refractivity contribution in [2.45, 2.75) is 18.9 Å². The van der Waals surface area contributed by atoms with Crippen molar-refractivity contribution in [3.8, 4) is 0 Å². The Morgan fingerprint density at radius 1 is 1.70 bits per heavy atom. The predicted octanol–water partition coefficient (Wildman–Crippen LogP) is 0.142. The lowest BCUT2D eigenvalue weighted by molar-refractivity contribution is -0.152. The summed E-state index contributed by atoms with van der Waals surface area (Å²) in [5.41, 5.74) is 2.70. The zero-order chi connectivity index (χ0) is 8.36. The van der Waals surface area contributed by atoms with Crippen LogP contribution in [-0.2, 0) is 9.53 Å². The summed E-state index contributed by atoms with van der Waals surface area (Å²) in [6.07, 6.45) is -2.90. The molecular weight excluding hydrogens is 144 g/mol. The van der Waals surface area contributed by atoms with E-state index in [2.05, 4.69) is 4.74 Å². The average molecular weight is 153 g/mol. The summed E-state index contributed by atoms with van der Waals surface area (Å²) in [6, 6.07) is 0. The van der Waals surface area contributed by atoms with E-state index in [1.165, 1.54) is 0 Å². The summed E-state index contributed by atoms with van der Waals surface area (Å²) in [5, 5.41) is 0. The van der Waals surface area contributed by atoms with E-state index in [0.29, 0.717) is 0 Å². The van der Waals surface area contributed by atoms with Crippen LogP contribution in [0.5, 0.6) is 0 Å². The Morgan fingerprint density at radius 3 is 2.20 bits per heavy atom. The van der Waals surface area contributed by atoms with Crippen LogP contribution in [-0.4, -0.2) is 25.0 Å². The second-order valence-corrected chi connectivity index (χ2v) is 2.07. The first kappa shape index (κ1) is 9.29. The van der Waals surface area contributed by atoms with Crippen LogP contribution in [0.25, 0.3) is 0 Å². The van der Waals surface area contributed by atoms with Crippen molar-refractivity contribution in [2.24, 2.45) is 5.73 Å². The van der Waals surface area contributed by atoms with E-state index in [9.17, 15) is 13.6 Å². The van der Waals surface area contributed by atoms with Crippen LogP contribution in [0.3, 0.4) is 0 Å². The van der Waals surface area contributed by atoms with Gasteiger partial charge in [-0.1, -0.05) is 0 Å². The molecule has 0 aliphatic heterocycles. The molecule has 5 heteroatoms. The molecule has 60 valence electrons. The monoisotopic (exact) mass is 153 g/mol. The normalized spacial score (nSPS) is 16.6. The molecule has 0 fully saturated rings. The second kappa shape index (κ2) is 2.92. The fourth-order valence-electron chi connectivity index (χ4n) is 0.309. The molecule has 0 spiro atoms. The van der Waals surface area contributed by atoms with Gasteiger partial charge >= 0.3 is 5.97 Å². The first-order chi connectivity index (χ1) is 4.42. The summed E-state index contributed by atoms with van der Waals surface area (Å²) in [7, 11) is 1.01. The molecule has 0 saturated heterocycles. The summed E-state index contributed by atoms with van der Waals surface area (Å²) >= 11 is 0. The molecule has 0 bridgehead atoms. The number of ether oxygens (including phenoxy) is 1. The maximum atomic E-state index is 11.8. The number of esters is 1. The van der Waals surface area contributed by atoms with Crippen LogP contribution in [0, 0.1) is 0 Å². The highest BCUT2D eigenvalue weighted by Gasteiger charge is 2.39. The van der Waals surface area contributed by atoms with E-state index in [1.807, 2.05) is 0 Å². The molecule has 1 atom stereocenters. The van der Waals surface area contributed by atoms with Gasteiger partial charge in [-0.25, -0.2) is 13.6 Å². The Morgan fingerprint density at radius 2 is 2.10 bits per heavy atom. The van der Waals surface area contributed by atoms with Gasteiger partial charge < -0.3 is 10.5 Å². The third-order valence-electron chi connectivity index (χ3n) is 1.08. The molecule has 0 aromatic carbocycles. The molecule has 0 heterocycles. The van der Waals surface area contributed by atoms with Crippen LogP contribution < -0.4 is 5.73 Å². The highest BCUT2D eigenvalue weighted by atomic mass is 19.3. The average Bonchev–Trinajstić information content (AvgIpc) is 1.86. The van der Waals surface area contributed by atoms with Crippen molar-refractivity contribution in [3.63, 3.8) is 0 Å². The molecule has 0 aromatic heterocycles. The first-order valence-corrected chi connectivity index (χ1v) is 2.58. The standard InChI is InChI=1S/C5H9F2NO2/c1-5(8,3(6)7)4(9)10-2/h3H,8H2,1-2H3/t5-/m0/s1. The van der Waals surface area contributed by atoms with E-state index in [-0.39, 0.29) is 0 Å². The van der Waals surface area contributed by atoms with Gasteiger partial charge in [-0.15, -0.1) is 0 Å². The van der Waals surface area contributed by atoms with Gasteiger partial charge in [0.25, 0.3) is 6.43 Å². The number of halogens is 2. The predicted molar refractivity (Wildman–Crippen MR) is 30.6 cm³/mol. The Bertz CT molecular complexity index is 136. The summed E-state index contributed by atoms with van der Waals surface area (Å²) in [4.78, 5) is 10.4. The quantitative estimate of drug-likeness (QED) is 0.574. The second-order valence-electron chi connectivity index (χ2n) is 2.07. The largest absolute Gasteiger partial charge is 0.467 e. The Kier molecular flexibility index (Phi) is 2.71. The molecule has 0 saturated carbocycles. The number of alkyl halides is 2. The van der Waals surface area contributed by atoms with Gasteiger partial charge in [0.1, 0.15) is 0 Å². The lowest BCUT2D eigenvalue weighted by Gasteiger charge is -2.19. The maximum Gasteiger partial charge on any atom is 0.331 e. The fourth-order valence-corrected chi connectivity index (χ4v) is 0.309. The topological polar surface area (TPSA) is 52.3 Å². The van der Waals surface area contributed by atoms with Crippen LogP contribution in [0.2, 0.25) is 0 Å². The molecule has 0 unspecified atom stereocenters. The van der Waals surface area contributed by atoms with Crippen molar-refractivity contribution in [2.75, 3.05) is 7.11 Å². The molecule has 10 heavy (non-hydrogen) atoms. The van der Waals surface area contributed by atoms with Gasteiger partial charge in [0.2, 0.25) is 0 Å². The van der Waals surface area contributed by atoms with E-state index in [0.717, 1.165) is 14.0 Å². The lowest BCUT2D eigenvalue weighted by Crippen LogP contribution is -2.51. The Labute approximate surface area is 57.1 Å². The summed E-state index contributed by atoms with van der Waals surface area (Å²) in [6.45, 7) is 0.920. The minimum atomic E-state index is -2.90. The Hall–Kier alpha value is -0.710. The molecule has 0 aliphatic carbocycles. The number of hydrogen-bond donors (Lipinski definition) is 1. The number of carbonyl (C=O) groups is 1. The molecule has 2 N–H and O–H groups in total. The van der Waals surface area contributed by atoms with E-state index >= 15 is 0 Å². The molecule has 0 radical (unpaired) electrons. The number of hydrogen-bond acceptors (Lipinski definition) is 3. The maximum absolute atomic E-state index is 11.8. The van der Waals surface area contributed by atoms with Crippen molar-refractivity contribution in [1.29, 1.82) is 0 Å². The molecule has 0 rings (SSSR count). The van der Waals surface area contributed by atoms with Crippen molar-refractivity contribution < 1.29 is 18.3 Å². The summed E-state index contributed by atoms with van der Waals surface area (Å²) in [5.74, 6) is -1.11. The zero-order valence-electron chi connectivity index (χ0n) is 5.73. The van der Waals surface area contributed by atoms with Gasteiger partial charge in [-0.05, 0) is 6.92 Å². The number of carbonyl (C=O) groups excluding carboxylic acids is 1.